The van der Waals surface area contributed by atoms with E-state index in [2.05, 4.69) is 36.7 Å². The average Bonchev–Trinajstić information content (AvgIpc) is 3.30. The van der Waals surface area contributed by atoms with Crippen LogP contribution in [-0.4, -0.2) is 5.91 Å². The number of rotatable bonds is 6. The minimum absolute atomic E-state index is 0.100. The molecule has 31 heavy (non-hydrogen) atoms. The maximum Gasteiger partial charge on any atom is 0.254 e. The minimum atomic E-state index is -0.656. The monoisotopic (exact) mass is 461 g/mol. The predicted octanol–water partition coefficient (Wildman–Crippen LogP) is 4.76. The van der Waals surface area contributed by atoms with Crippen LogP contribution in [0.15, 0.2) is 38.3 Å². The number of fused-ring (bicyclic) bond motifs is 1. The molecule has 1 aliphatic rings. The maximum absolute atomic E-state index is 12.4. The molecule has 3 aromatic rings. The Morgan fingerprint density at radius 1 is 1.06 bits per heavy atom. The first-order valence-electron chi connectivity index (χ1n) is 9.77. The highest BCUT2D eigenvalue weighted by Gasteiger charge is 2.31. The van der Waals surface area contributed by atoms with Crippen molar-refractivity contribution >= 4 is 46.2 Å². The van der Waals surface area contributed by atoms with Gasteiger partial charge in [0.1, 0.15) is 17.1 Å². The van der Waals surface area contributed by atoms with Crippen LogP contribution in [0.3, 0.4) is 0 Å². The topological polar surface area (TPSA) is 100 Å². The molecule has 4 rings (SSSR count). The van der Waals surface area contributed by atoms with Crippen LogP contribution in [0.1, 0.15) is 54.9 Å². The van der Waals surface area contributed by atoms with Crippen molar-refractivity contribution < 1.29 is 9.21 Å². The Hall–Kier alpha value is -2.77. The smallest absolute Gasteiger partial charge is 0.254 e. The van der Waals surface area contributed by atoms with Crippen molar-refractivity contribution in [2.45, 2.75) is 39.8 Å². The molecule has 1 aliphatic heterocycles. The highest BCUT2D eigenvalue weighted by molar-refractivity contribution is 6.32. The molecule has 0 spiro atoms. The summed E-state index contributed by atoms with van der Waals surface area (Å²) in [5.74, 6) is 0.273. The summed E-state index contributed by atoms with van der Waals surface area (Å²) in [6.45, 7) is 6.49. The molecule has 1 amide bonds. The lowest BCUT2D eigenvalue weighted by atomic mass is 9.87. The van der Waals surface area contributed by atoms with Crippen LogP contribution < -0.4 is 26.8 Å². The van der Waals surface area contributed by atoms with Crippen LogP contribution in [-0.2, 0) is 6.54 Å². The summed E-state index contributed by atoms with van der Waals surface area (Å²) >= 11 is 12.1. The van der Waals surface area contributed by atoms with E-state index >= 15 is 0 Å². The van der Waals surface area contributed by atoms with Crippen LogP contribution in [0.4, 0.5) is 17.1 Å². The summed E-state index contributed by atoms with van der Waals surface area (Å²) in [5.41, 5.74) is 0.302. The number of amides is 1. The van der Waals surface area contributed by atoms with E-state index < -0.39 is 10.9 Å². The fourth-order valence-corrected chi connectivity index (χ4v) is 4.10. The fourth-order valence-electron chi connectivity index (χ4n) is 3.72. The van der Waals surface area contributed by atoms with Gasteiger partial charge in [-0.05, 0) is 47.7 Å². The number of furan rings is 1. The van der Waals surface area contributed by atoms with Crippen LogP contribution in [0.25, 0.3) is 0 Å². The highest BCUT2D eigenvalue weighted by atomic mass is 35.5. The summed E-state index contributed by atoms with van der Waals surface area (Å²) in [6, 6.07) is 6.25. The number of hydrogen-bond acceptors (Lipinski definition) is 6. The molecular weight excluding hydrogens is 441 g/mol. The number of carbonyl (C=O) groups is 1. The van der Waals surface area contributed by atoms with Gasteiger partial charge in [0, 0.05) is 17.1 Å². The van der Waals surface area contributed by atoms with E-state index in [9.17, 15) is 14.4 Å². The van der Waals surface area contributed by atoms with Crippen LogP contribution >= 0.6 is 23.2 Å². The van der Waals surface area contributed by atoms with Crippen molar-refractivity contribution in [1.82, 2.24) is 5.32 Å². The largest absolute Gasteiger partial charge is 0.448 e. The summed E-state index contributed by atoms with van der Waals surface area (Å²) in [6.07, 6.45) is 0.619. The molecular formula is C22H21Cl2N3O4. The maximum atomic E-state index is 12.4. The molecule has 0 bridgehead atoms. The molecule has 9 heteroatoms. The van der Waals surface area contributed by atoms with Gasteiger partial charge in [0.15, 0.2) is 5.22 Å². The number of nitrogens with one attached hydrogen (secondary N) is 3. The van der Waals surface area contributed by atoms with E-state index in [-0.39, 0.29) is 34.0 Å². The van der Waals surface area contributed by atoms with Gasteiger partial charge in [0.25, 0.3) is 16.8 Å². The van der Waals surface area contributed by atoms with E-state index in [0.29, 0.717) is 40.6 Å². The molecule has 7 nitrogen and oxygen atoms in total. The Kier molecular flexibility index (Phi) is 5.35. The number of benzene rings is 1. The standard InChI is InChI=1S/C22H21Cl2N3O4/c1-22(2,3)8-13(14-6-7-15(24)31-14)27-18-17(19(28)20(18)29)26-12-5-4-11(23)10-9-25-21(30)16(10)12/h4-7,13,26-27H,8-9H2,1-3H3,(H,25,30)/t13-/m1/s1. The number of carbonyl (C=O) groups excluding carboxylic acids is 1. The van der Waals surface area contributed by atoms with Gasteiger partial charge in [-0.25, -0.2) is 0 Å². The number of anilines is 3. The third-order valence-electron chi connectivity index (χ3n) is 5.15. The van der Waals surface area contributed by atoms with Crippen molar-refractivity contribution in [2.75, 3.05) is 10.6 Å². The average molecular weight is 462 g/mol. The Labute approximate surface area is 188 Å². The molecule has 0 radical (unpaired) electrons. The molecule has 0 saturated carbocycles. The molecule has 3 N–H and O–H groups in total. The molecule has 2 aromatic carbocycles. The van der Waals surface area contributed by atoms with E-state index in [1.54, 1.807) is 24.3 Å². The molecule has 0 unspecified atom stereocenters. The zero-order valence-electron chi connectivity index (χ0n) is 17.2. The molecule has 0 fully saturated rings. The van der Waals surface area contributed by atoms with Crippen molar-refractivity contribution in [3.8, 4) is 0 Å². The lowest BCUT2D eigenvalue weighted by Crippen LogP contribution is -2.38. The van der Waals surface area contributed by atoms with Crippen molar-refractivity contribution in [3.05, 3.63) is 71.8 Å². The molecule has 162 valence electrons. The Balaban J connectivity index is 1.68. The van der Waals surface area contributed by atoms with E-state index in [0.717, 1.165) is 0 Å². The first-order chi connectivity index (χ1) is 14.5. The Morgan fingerprint density at radius 2 is 1.77 bits per heavy atom. The molecule has 1 atom stereocenters. The quantitative estimate of drug-likeness (QED) is 0.457. The number of halogens is 2. The van der Waals surface area contributed by atoms with Gasteiger partial charge in [0.05, 0.1) is 17.3 Å². The Bertz CT molecular complexity index is 1250. The van der Waals surface area contributed by atoms with Gasteiger partial charge in [-0.15, -0.1) is 0 Å². The zero-order chi connectivity index (χ0) is 22.5. The van der Waals surface area contributed by atoms with E-state index in [1.807, 2.05) is 0 Å². The van der Waals surface area contributed by atoms with Crippen LogP contribution in [0, 0.1) is 5.41 Å². The third-order valence-corrected chi connectivity index (χ3v) is 5.71. The second kappa shape index (κ2) is 7.73. The normalized spacial score (nSPS) is 14.4. The van der Waals surface area contributed by atoms with Crippen molar-refractivity contribution in [3.63, 3.8) is 0 Å². The zero-order valence-corrected chi connectivity index (χ0v) is 18.7. The fraction of sp³-hybridized carbons (Fsp3) is 0.318. The van der Waals surface area contributed by atoms with Crippen LogP contribution in [0.2, 0.25) is 10.2 Å². The Morgan fingerprint density at radius 3 is 2.42 bits per heavy atom. The van der Waals surface area contributed by atoms with Gasteiger partial charge >= 0.3 is 0 Å². The van der Waals surface area contributed by atoms with Crippen LogP contribution in [0.5, 0.6) is 0 Å². The van der Waals surface area contributed by atoms with Crippen molar-refractivity contribution in [1.29, 1.82) is 0 Å². The predicted molar refractivity (Wildman–Crippen MR) is 121 cm³/mol. The molecule has 2 heterocycles. The van der Waals surface area contributed by atoms with Gasteiger partial charge in [-0.1, -0.05) is 32.4 Å². The third kappa shape index (κ3) is 4.07. The highest BCUT2D eigenvalue weighted by Crippen LogP contribution is 2.36. The lowest BCUT2D eigenvalue weighted by Gasteiger charge is -2.27. The summed E-state index contributed by atoms with van der Waals surface area (Å²) in [7, 11) is 0. The van der Waals surface area contributed by atoms with Gasteiger partial charge in [-0.2, -0.15) is 0 Å². The van der Waals surface area contributed by atoms with E-state index in [1.165, 1.54) is 0 Å². The van der Waals surface area contributed by atoms with Gasteiger partial charge < -0.3 is 20.4 Å². The van der Waals surface area contributed by atoms with Gasteiger partial charge in [0.2, 0.25) is 0 Å². The first-order valence-corrected chi connectivity index (χ1v) is 10.5. The second-order valence-electron chi connectivity index (χ2n) is 8.77. The van der Waals surface area contributed by atoms with E-state index in [4.69, 9.17) is 27.6 Å². The summed E-state index contributed by atoms with van der Waals surface area (Å²) in [4.78, 5) is 37.0. The SMILES string of the molecule is CC(C)(C)C[C@@H](Nc1c(Nc2ccc(Cl)c3c2C(=O)NC3)c(=O)c1=O)c1ccc(Cl)o1. The molecule has 0 aliphatic carbocycles. The summed E-state index contributed by atoms with van der Waals surface area (Å²) < 4.78 is 5.56. The second-order valence-corrected chi connectivity index (χ2v) is 9.55. The molecule has 1 aromatic heterocycles. The van der Waals surface area contributed by atoms with Gasteiger partial charge in [-0.3, -0.25) is 14.4 Å². The van der Waals surface area contributed by atoms with Crippen molar-refractivity contribution in [2.24, 2.45) is 5.41 Å². The number of hydrogen-bond donors (Lipinski definition) is 3. The first kappa shape index (κ1) is 21.5. The molecule has 0 saturated heterocycles. The lowest BCUT2D eigenvalue weighted by molar-refractivity contribution is 0.0966. The summed E-state index contributed by atoms with van der Waals surface area (Å²) in [5, 5.41) is 9.53. The minimum Gasteiger partial charge on any atom is -0.448 e.